The number of ether oxygens (including phenoxy) is 1. The molecule has 0 amide bonds. The molecule has 3 atom stereocenters. The number of fused-ring (bicyclic) bond motifs is 2. The first-order valence-corrected chi connectivity index (χ1v) is 5.90. The van der Waals surface area contributed by atoms with Crippen molar-refractivity contribution in [3.8, 4) is 5.75 Å². The Morgan fingerprint density at radius 3 is 2.88 bits per heavy atom. The van der Waals surface area contributed by atoms with E-state index in [0.717, 1.165) is 24.8 Å². The highest BCUT2D eigenvalue weighted by atomic mass is 16.5. The molecule has 3 nitrogen and oxygen atoms in total. The van der Waals surface area contributed by atoms with Crippen molar-refractivity contribution in [2.45, 2.75) is 36.9 Å². The van der Waals surface area contributed by atoms with Gasteiger partial charge in [-0.1, -0.05) is 12.1 Å². The van der Waals surface area contributed by atoms with E-state index in [4.69, 9.17) is 10.5 Å². The van der Waals surface area contributed by atoms with Gasteiger partial charge in [-0.25, -0.2) is 0 Å². The van der Waals surface area contributed by atoms with Gasteiger partial charge in [0.05, 0.1) is 12.2 Å². The Balaban J connectivity index is 2.02. The second-order valence-corrected chi connectivity index (χ2v) is 4.94. The molecular weight excluding hydrogens is 202 g/mol. The summed E-state index contributed by atoms with van der Waals surface area (Å²) >= 11 is 0. The van der Waals surface area contributed by atoms with E-state index in [1.54, 1.807) is 6.07 Å². The van der Waals surface area contributed by atoms with Crippen LogP contribution in [0.4, 0.5) is 0 Å². The van der Waals surface area contributed by atoms with Crippen LogP contribution in [-0.2, 0) is 10.2 Å². The molecule has 16 heavy (non-hydrogen) atoms. The molecule has 2 heterocycles. The molecule has 0 radical (unpaired) electrons. The predicted octanol–water partition coefficient (Wildman–Crippen LogP) is 1.54. The molecule has 3 N–H and O–H groups in total. The highest BCUT2D eigenvalue weighted by molar-refractivity contribution is 5.36. The summed E-state index contributed by atoms with van der Waals surface area (Å²) in [5.74, 6) is 0.313. The minimum atomic E-state index is -0.0678. The Kier molecular flexibility index (Phi) is 2.19. The summed E-state index contributed by atoms with van der Waals surface area (Å²) in [6.45, 7) is 0.595. The van der Waals surface area contributed by atoms with Crippen LogP contribution in [0.2, 0.25) is 0 Å². The molecule has 0 aromatic heterocycles. The van der Waals surface area contributed by atoms with Crippen LogP contribution in [0.1, 0.15) is 24.8 Å². The Morgan fingerprint density at radius 2 is 2.31 bits per heavy atom. The van der Waals surface area contributed by atoms with Crippen LogP contribution in [0.3, 0.4) is 0 Å². The molecule has 0 saturated carbocycles. The fraction of sp³-hybridized carbons (Fsp3) is 0.538. The second-order valence-electron chi connectivity index (χ2n) is 4.94. The van der Waals surface area contributed by atoms with Crippen molar-refractivity contribution in [2.24, 2.45) is 5.73 Å². The Morgan fingerprint density at radius 1 is 1.44 bits per heavy atom. The molecule has 1 aromatic rings. The number of hydrogen-bond acceptors (Lipinski definition) is 3. The van der Waals surface area contributed by atoms with Crippen LogP contribution in [0.5, 0.6) is 5.75 Å². The third kappa shape index (κ3) is 1.28. The average Bonchev–Trinajstić information content (AvgIpc) is 2.89. The average molecular weight is 219 g/mol. The molecule has 1 aromatic carbocycles. The summed E-state index contributed by atoms with van der Waals surface area (Å²) in [5, 5.41) is 9.57. The lowest BCUT2D eigenvalue weighted by molar-refractivity contribution is 0.0857. The van der Waals surface area contributed by atoms with E-state index >= 15 is 0 Å². The summed E-state index contributed by atoms with van der Waals surface area (Å²) in [6, 6.07) is 7.46. The maximum absolute atomic E-state index is 9.57. The number of hydrogen-bond donors (Lipinski definition) is 2. The normalized spacial score (nSPS) is 36.8. The van der Waals surface area contributed by atoms with Crippen molar-refractivity contribution in [1.29, 1.82) is 0 Å². The lowest BCUT2D eigenvalue weighted by Crippen LogP contribution is -2.43. The largest absolute Gasteiger partial charge is 0.508 e. The number of benzene rings is 1. The smallest absolute Gasteiger partial charge is 0.115 e. The lowest BCUT2D eigenvalue weighted by atomic mass is 9.69. The molecule has 2 saturated heterocycles. The SMILES string of the molecule is NCC1(c2cccc(O)c2)CC2CCC1O2. The molecule has 2 bridgehead atoms. The van der Waals surface area contributed by atoms with Crippen molar-refractivity contribution in [3.63, 3.8) is 0 Å². The molecule has 2 fully saturated rings. The Labute approximate surface area is 95.2 Å². The van der Waals surface area contributed by atoms with Gasteiger partial charge >= 0.3 is 0 Å². The molecule has 2 aliphatic rings. The Bertz CT molecular complexity index is 407. The van der Waals surface area contributed by atoms with Crippen molar-refractivity contribution >= 4 is 0 Å². The lowest BCUT2D eigenvalue weighted by Gasteiger charge is -2.34. The highest BCUT2D eigenvalue weighted by Gasteiger charge is 2.52. The van der Waals surface area contributed by atoms with Gasteiger partial charge in [-0.2, -0.15) is 0 Å². The first-order chi connectivity index (χ1) is 7.74. The first-order valence-electron chi connectivity index (χ1n) is 5.90. The van der Waals surface area contributed by atoms with Crippen LogP contribution in [-0.4, -0.2) is 23.9 Å². The summed E-state index contributed by atoms with van der Waals surface area (Å²) in [7, 11) is 0. The zero-order valence-corrected chi connectivity index (χ0v) is 9.23. The Hall–Kier alpha value is -1.06. The fourth-order valence-electron chi connectivity index (χ4n) is 3.25. The van der Waals surface area contributed by atoms with Gasteiger partial charge in [0.2, 0.25) is 0 Å². The molecule has 3 heteroatoms. The monoisotopic (exact) mass is 219 g/mol. The number of aromatic hydroxyl groups is 1. The van der Waals surface area contributed by atoms with Gasteiger partial charge in [0.1, 0.15) is 5.75 Å². The van der Waals surface area contributed by atoms with Crippen molar-refractivity contribution in [1.82, 2.24) is 0 Å². The van der Waals surface area contributed by atoms with E-state index in [0.29, 0.717) is 18.4 Å². The standard InChI is InChI=1S/C13H17NO2/c14-8-13(7-11-4-5-12(13)16-11)9-2-1-3-10(15)6-9/h1-3,6,11-12,15H,4-5,7-8,14H2. The first kappa shape index (κ1) is 10.1. The molecule has 86 valence electrons. The van der Waals surface area contributed by atoms with Crippen molar-refractivity contribution in [3.05, 3.63) is 29.8 Å². The maximum atomic E-state index is 9.57. The van der Waals surface area contributed by atoms with Gasteiger partial charge < -0.3 is 15.6 Å². The van der Waals surface area contributed by atoms with Crippen LogP contribution < -0.4 is 5.73 Å². The quantitative estimate of drug-likeness (QED) is 0.793. The van der Waals surface area contributed by atoms with Crippen molar-refractivity contribution in [2.75, 3.05) is 6.54 Å². The zero-order chi connectivity index (χ0) is 11.2. The van der Waals surface area contributed by atoms with Gasteiger partial charge in [-0.15, -0.1) is 0 Å². The molecule has 3 rings (SSSR count). The molecular formula is C13H17NO2. The summed E-state index contributed by atoms with van der Waals surface area (Å²) in [5.41, 5.74) is 7.04. The summed E-state index contributed by atoms with van der Waals surface area (Å²) < 4.78 is 5.91. The van der Waals surface area contributed by atoms with E-state index < -0.39 is 0 Å². The van der Waals surface area contributed by atoms with Crippen LogP contribution in [0.25, 0.3) is 0 Å². The van der Waals surface area contributed by atoms with E-state index in [1.165, 1.54) is 0 Å². The third-order valence-corrected chi connectivity index (χ3v) is 4.10. The van der Waals surface area contributed by atoms with Gasteiger partial charge in [0.25, 0.3) is 0 Å². The number of nitrogens with two attached hydrogens (primary N) is 1. The zero-order valence-electron chi connectivity index (χ0n) is 9.23. The molecule has 3 unspecified atom stereocenters. The minimum Gasteiger partial charge on any atom is -0.508 e. The van der Waals surface area contributed by atoms with E-state index in [-0.39, 0.29) is 11.5 Å². The van der Waals surface area contributed by atoms with Gasteiger partial charge in [-0.3, -0.25) is 0 Å². The van der Waals surface area contributed by atoms with Crippen LogP contribution in [0.15, 0.2) is 24.3 Å². The highest BCUT2D eigenvalue weighted by Crippen LogP contribution is 2.49. The van der Waals surface area contributed by atoms with E-state index in [1.807, 2.05) is 12.1 Å². The van der Waals surface area contributed by atoms with Crippen LogP contribution in [0, 0.1) is 0 Å². The molecule has 2 aliphatic heterocycles. The second kappa shape index (κ2) is 3.47. The fourth-order valence-corrected chi connectivity index (χ4v) is 3.25. The molecule has 0 aliphatic carbocycles. The van der Waals surface area contributed by atoms with Gasteiger partial charge in [-0.05, 0) is 37.0 Å². The number of rotatable bonds is 2. The summed E-state index contributed by atoms with van der Waals surface area (Å²) in [4.78, 5) is 0. The maximum Gasteiger partial charge on any atom is 0.115 e. The van der Waals surface area contributed by atoms with E-state index in [9.17, 15) is 5.11 Å². The van der Waals surface area contributed by atoms with Crippen molar-refractivity contribution < 1.29 is 9.84 Å². The van der Waals surface area contributed by atoms with Gasteiger partial charge in [0, 0.05) is 12.0 Å². The third-order valence-electron chi connectivity index (χ3n) is 4.10. The van der Waals surface area contributed by atoms with Gasteiger partial charge in [0.15, 0.2) is 0 Å². The molecule has 0 spiro atoms. The predicted molar refractivity (Wildman–Crippen MR) is 61.4 cm³/mol. The summed E-state index contributed by atoms with van der Waals surface area (Å²) in [6.07, 6.45) is 3.86. The van der Waals surface area contributed by atoms with E-state index in [2.05, 4.69) is 6.07 Å². The number of phenols is 1. The topological polar surface area (TPSA) is 55.5 Å². The number of phenolic OH excluding ortho intramolecular Hbond substituents is 1. The minimum absolute atomic E-state index is 0.0678. The van der Waals surface area contributed by atoms with Crippen LogP contribution >= 0.6 is 0 Å².